The molecule has 0 bridgehead atoms. The Morgan fingerprint density at radius 2 is 1.64 bits per heavy atom. The van der Waals surface area contributed by atoms with E-state index in [4.69, 9.17) is 14.2 Å². The van der Waals surface area contributed by atoms with Crippen LogP contribution in [0.4, 0.5) is 0 Å². The number of carboxylic acid groups (broad SMARTS) is 1. The zero-order chi connectivity index (χ0) is 25.5. The molecule has 5 heteroatoms. The molecule has 0 radical (unpaired) electrons. The Labute approximate surface area is 213 Å². The maximum atomic E-state index is 11.3. The predicted molar refractivity (Wildman–Crippen MR) is 142 cm³/mol. The number of hydrogen-bond donors (Lipinski definition) is 1. The molecular weight excluding hydrogens is 452 g/mol. The number of rotatable bonds is 11. The summed E-state index contributed by atoms with van der Waals surface area (Å²) in [6, 6.07) is 20.6. The van der Waals surface area contributed by atoms with Gasteiger partial charge in [-0.2, -0.15) is 0 Å². The van der Waals surface area contributed by atoms with Crippen LogP contribution >= 0.6 is 0 Å². The van der Waals surface area contributed by atoms with Crippen LogP contribution in [0.1, 0.15) is 58.9 Å². The summed E-state index contributed by atoms with van der Waals surface area (Å²) in [6.07, 6.45) is 4.63. The summed E-state index contributed by atoms with van der Waals surface area (Å²) in [5.41, 5.74) is 8.10. The van der Waals surface area contributed by atoms with E-state index in [2.05, 4.69) is 62.4 Å². The van der Waals surface area contributed by atoms with Gasteiger partial charge in [-0.1, -0.05) is 73.2 Å². The number of fused-ring (bicyclic) bond motifs is 2. The first-order valence-corrected chi connectivity index (χ1v) is 12.6. The lowest BCUT2D eigenvalue weighted by atomic mass is 9.93. The minimum absolute atomic E-state index is 0.172. The molecule has 0 heterocycles. The molecule has 1 aliphatic carbocycles. The standard InChI is InChI=1S/C31H34O5/c1-4-22-7-10-24-11-12-25-18-21(3)6-15-27(25)30(28(24)19-22)36-17-16-35-26-13-8-23(9-14-26)20-29(31(32)33)34-5-2/h6-15,18-19,29-30H,4-5,16-17,20H2,1-3H3,(H,32,33). The van der Waals surface area contributed by atoms with Crippen LogP contribution in [0.2, 0.25) is 0 Å². The van der Waals surface area contributed by atoms with Gasteiger partial charge in [0.25, 0.3) is 0 Å². The van der Waals surface area contributed by atoms with Crippen LogP contribution in [0.3, 0.4) is 0 Å². The number of ether oxygens (including phenoxy) is 3. The van der Waals surface area contributed by atoms with Gasteiger partial charge in [0.2, 0.25) is 0 Å². The second-order valence-corrected chi connectivity index (χ2v) is 9.01. The van der Waals surface area contributed by atoms with Gasteiger partial charge in [-0.05, 0) is 65.8 Å². The highest BCUT2D eigenvalue weighted by molar-refractivity contribution is 5.76. The van der Waals surface area contributed by atoms with E-state index < -0.39 is 12.1 Å². The molecular formula is C31H34O5. The Kier molecular flexibility index (Phi) is 8.57. The molecule has 36 heavy (non-hydrogen) atoms. The number of aliphatic carboxylic acids is 1. The van der Waals surface area contributed by atoms with Gasteiger partial charge in [-0.15, -0.1) is 0 Å². The van der Waals surface area contributed by atoms with E-state index in [0.717, 1.165) is 23.3 Å². The fourth-order valence-electron chi connectivity index (χ4n) is 4.51. The molecule has 188 valence electrons. The fourth-order valence-corrected chi connectivity index (χ4v) is 4.51. The molecule has 1 N–H and O–H groups in total. The third-order valence-electron chi connectivity index (χ3n) is 6.43. The molecule has 0 saturated heterocycles. The van der Waals surface area contributed by atoms with Gasteiger partial charge in [0.15, 0.2) is 6.10 Å². The van der Waals surface area contributed by atoms with Crippen molar-refractivity contribution in [2.45, 2.75) is 45.8 Å². The average molecular weight is 487 g/mol. The molecule has 3 aromatic rings. The van der Waals surface area contributed by atoms with Crippen molar-refractivity contribution in [1.29, 1.82) is 0 Å². The molecule has 5 nitrogen and oxygen atoms in total. The van der Waals surface area contributed by atoms with Gasteiger partial charge in [-0.3, -0.25) is 0 Å². The monoisotopic (exact) mass is 486 g/mol. The van der Waals surface area contributed by atoms with E-state index in [1.807, 2.05) is 24.3 Å². The van der Waals surface area contributed by atoms with Gasteiger partial charge in [0.05, 0.1) is 6.61 Å². The number of benzene rings is 3. The van der Waals surface area contributed by atoms with Crippen LogP contribution in [0.25, 0.3) is 12.2 Å². The average Bonchev–Trinajstić information content (AvgIpc) is 3.03. The van der Waals surface area contributed by atoms with E-state index in [9.17, 15) is 9.90 Å². The van der Waals surface area contributed by atoms with Crippen molar-refractivity contribution < 1.29 is 24.1 Å². The normalized spacial score (nSPS) is 15.0. The van der Waals surface area contributed by atoms with Crippen molar-refractivity contribution in [3.8, 4) is 5.75 Å². The molecule has 0 aliphatic heterocycles. The van der Waals surface area contributed by atoms with Gasteiger partial charge < -0.3 is 19.3 Å². The second-order valence-electron chi connectivity index (χ2n) is 9.01. The van der Waals surface area contributed by atoms with E-state index in [0.29, 0.717) is 26.2 Å². The van der Waals surface area contributed by atoms with Gasteiger partial charge in [0, 0.05) is 13.0 Å². The summed E-state index contributed by atoms with van der Waals surface area (Å²) < 4.78 is 17.7. The lowest BCUT2D eigenvalue weighted by Gasteiger charge is -2.22. The van der Waals surface area contributed by atoms with Gasteiger partial charge in [-0.25, -0.2) is 4.79 Å². The highest BCUT2D eigenvalue weighted by Crippen LogP contribution is 2.36. The Bertz CT molecular complexity index is 1210. The predicted octanol–water partition coefficient (Wildman–Crippen LogP) is 6.26. The highest BCUT2D eigenvalue weighted by Gasteiger charge is 2.23. The minimum Gasteiger partial charge on any atom is -0.491 e. The molecule has 2 unspecified atom stereocenters. The smallest absolute Gasteiger partial charge is 0.333 e. The summed E-state index contributed by atoms with van der Waals surface area (Å²) in [5, 5.41) is 9.29. The highest BCUT2D eigenvalue weighted by atomic mass is 16.5. The van der Waals surface area contributed by atoms with E-state index in [1.165, 1.54) is 27.8 Å². The Morgan fingerprint density at radius 1 is 0.889 bits per heavy atom. The summed E-state index contributed by atoms with van der Waals surface area (Å²) in [5.74, 6) is -0.231. The van der Waals surface area contributed by atoms with E-state index >= 15 is 0 Å². The molecule has 2 atom stereocenters. The van der Waals surface area contributed by atoms with Crippen molar-refractivity contribution >= 4 is 18.1 Å². The van der Waals surface area contributed by atoms with Crippen molar-refractivity contribution in [3.05, 3.63) is 99.6 Å². The van der Waals surface area contributed by atoms with Crippen molar-refractivity contribution in [2.75, 3.05) is 19.8 Å². The summed E-state index contributed by atoms with van der Waals surface area (Å²) >= 11 is 0. The molecule has 0 saturated carbocycles. The molecule has 0 aromatic heterocycles. The lowest BCUT2D eigenvalue weighted by Crippen LogP contribution is -2.26. The molecule has 3 aromatic carbocycles. The third-order valence-corrected chi connectivity index (χ3v) is 6.43. The molecule has 0 amide bonds. The van der Waals surface area contributed by atoms with E-state index in [-0.39, 0.29) is 6.10 Å². The first-order valence-electron chi connectivity index (χ1n) is 12.6. The number of aryl methyl sites for hydroxylation is 2. The summed E-state index contributed by atoms with van der Waals surface area (Å²) in [4.78, 5) is 11.3. The van der Waals surface area contributed by atoms with Crippen LogP contribution in [-0.2, 0) is 27.1 Å². The molecule has 4 rings (SSSR count). The lowest BCUT2D eigenvalue weighted by molar-refractivity contribution is -0.149. The van der Waals surface area contributed by atoms with Gasteiger partial charge in [0.1, 0.15) is 18.5 Å². The zero-order valence-electron chi connectivity index (χ0n) is 21.2. The minimum atomic E-state index is -0.951. The van der Waals surface area contributed by atoms with Crippen LogP contribution in [0.15, 0.2) is 60.7 Å². The van der Waals surface area contributed by atoms with Crippen molar-refractivity contribution in [2.24, 2.45) is 0 Å². The Morgan fingerprint density at radius 3 is 2.36 bits per heavy atom. The maximum absolute atomic E-state index is 11.3. The van der Waals surface area contributed by atoms with Crippen LogP contribution in [-0.4, -0.2) is 37.0 Å². The Hall–Kier alpha value is -3.41. The zero-order valence-corrected chi connectivity index (χ0v) is 21.2. The number of carboxylic acids is 1. The van der Waals surface area contributed by atoms with Crippen molar-refractivity contribution in [3.63, 3.8) is 0 Å². The SMILES string of the molecule is CCOC(Cc1ccc(OCCOC2c3ccc(C)cc3C=Cc3ccc(CC)cc32)cc1)C(=O)O. The molecule has 0 spiro atoms. The maximum Gasteiger partial charge on any atom is 0.333 e. The summed E-state index contributed by atoms with van der Waals surface area (Å²) in [7, 11) is 0. The van der Waals surface area contributed by atoms with Gasteiger partial charge >= 0.3 is 5.97 Å². The van der Waals surface area contributed by atoms with Crippen molar-refractivity contribution in [1.82, 2.24) is 0 Å². The fraction of sp³-hybridized carbons (Fsp3) is 0.323. The topological polar surface area (TPSA) is 65.0 Å². The quantitative estimate of drug-likeness (QED) is 0.324. The first-order chi connectivity index (χ1) is 17.5. The van der Waals surface area contributed by atoms with Crippen LogP contribution < -0.4 is 4.74 Å². The largest absolute Gasteiger partial charge is 0.491 e. The second kappa shape index (κ2) is 12.0. The molecule has 0 fully saturated rings. The van der Waals surface area contributed by atoms with E-state index in [1.54, 1.807) is 6.92 Å². The number of hydrogen-bond acceptors (Lipinski definition) is 4. The number of carbonyl (C=O) groups is 1. The van der Waals surface area contributed by atoms with Crippen LogP contribution in [0.5, 0.6) is 5.75 Å². The summed E-state index contributed by atoms with van der Waals surface area (Å²) in [6.45, 7) is 7.27. The van der Waals surface area contributed by atoms with Crippen LogP contribution in [0, 0.1) is 6.92 Å². The third kappa shape index (κ3) is 6.23. The molecule has 1 aliphatic rings. The first kappa shape index (κ1) is 25.7. The Balaban J connectivity index is 1.42.